The molecule has 3 unspecified atom stereocenters. The van der Waals surface area contributed by atoms with Crippen molar-refractivity contribution in [3.05, 3.63) is 0 Å². The van der Waals surface area contributed by atoms with Crippen LogP contribution in [0.1, 0.15) is 13.8 Å². The minimum absolute atomic E-state index is 0.548. The second-order valence-corrected chi connectivity index (χ2v) is 4.26. The van der Waals surface area contributed by atoms with Crippen LogP contribution in [0.25, 0.3) is 0 Å². The molecule has 0 amide bonds. The van der Waals surface area contributed by atoms with Crippen LogP contribution in [-0.2, 0) is 14.2 Å². The molecule has 2 aliphatic heterocycles. The zero-order chi connectivity index (χ0) is 11.2. The Bertz CT molecular complexity index is 247. The lowest BCUT2D eigenvalue weighted by molar-refractivity contribution is -0.222. The third-order valence-electron chi connectivity index (χ3n) is 2.57. The van der Waals surface area contributed by atoms with Gasteiger partial charge in [0.25, 0.3) is 0 Å². The van der Waals surface area contributed by atoms with Crippen LogP contribution in [-0.4, -0.2) is 53.4 Å². The van der Waals surface area contributed by atoms with Crippen LogP contribution < -0.4 is 0 Å². The molecule has 2 heterocycles. The highest BCUT2D eigenvalue weighted by Crippen LogP contribution is 2.39. The number of halogens is 1. The van der Waals surface area contributed by atoms with Crippen molar-refractivity contribution in [3.63, 3.8) is 0 Å². The molecule has 2 aliphatic rings. The van der Waals surface area contributed by atoms with Gasteiger partial charge in [0.2, 0.25) is 0 Å². The number of alkyl halides is 1. The van der Waals surface area contributed by atoms with Crippen LogP contribution in [0.15, 0.2) is 0 Å². The van der Waals surface area contributed by atoms with Crippen molar-refractivity contribution in [1.82, 2.24) is 0 Å². The summed E-state index contributed by atoms with van der Waals surface area (Å²) in [6, 6.07) is 0. The Hall–Kier alpha value is -0.270. The van der Waals surface area contributed by atoms with E-state index in [0.29, 0.717) is 0 Å². The maximum atomic E-state index is 13.7. The van der Waals surface area contributed by atoms with Crippen molar-refractivity contribution in [1.29, 1.82) is 0 Å². The SMILES string of the molecule is CC1(C)O[C@H]2OC(C(O)CO)C(F)[C@H]2O1. The molecule has 2 fully saturated rings. The number of aliphatic hydroxyl groups excluding tert-OH is 2. The normalized spacial score (nSPS) is 45.4. The average Bonchev–Trinajstić information content (AvgIpc) is 2.60. The summed E-state index contributed by atoms with van der Waals surface area (Å²) in [5.74, 6) is -0.866. The van der Waals surface area contributed by atoms with Gasteiger partial charge in [-0.1, -0.05) is 0 Å². The van der Waals surface area contributed by atoms with E-state index >= 15 is 0 Å². The fraction of sp³-hybridized carbons (Fsp3) is 1.00. The number of rotatable bonds is 2. The molecule has 0 saturated carbocycles. The molecule has 0 spiro atoms. The van der Waals surface area contributed by atoms with Crippen LogP contribution in [0.2, 0.25) is 0 Å². The molecular formula is C9H15FO5. The number of hydrogen-bond donors (Lipinski definition) is 2. The van der Waals surface area contributed by atoms with Crippen molar-refractivity contribution in [2.75, 3.05) is 6.61 Å². The first-order valence-corrected chi connectivity index (χ1v) is 4.89. The average molecular weight is 222 g/mol. The quantitative estimate of drug-likeness (QED) is 0.662. The van der Waals surface area contributed by atoms with Gasteiger partial charge in [0.1, 0.15) is 18.3 Å². The minimum atomic E-state index is -1.49. The lowest BCUT2D eigenvalue weighted by Crippen LogP contribution is -2.40. The molecule has 88 valence electrons. The van der Waals surface area contributed by atoms with Gasteiger partial charge in [0, 0.05) is 0 Å². The van der Waals surface area contributed by atoms with Crippen LogP contribution in [0.4, 0.5) is 4.39 Å². The summed E-state index contributed by atoms with van der Waals surface area (Å²) >= 11 is 0. The largest absolute Gasteiger partial charge is 0.394 e. The van der Waals surface area contributed by atoms with Crippen molar-refractivity contribution in [3.8, 4) is 0 Å². The first kappa shape index (κ1) is 11.2. The summed E-state index contributed by atoms with van der Waals surface area (Å²) in [5, 5.41) is 18.0. The molecule has 2 N–H and O–H groups in total. The monoisotopic (exact) mass is 222 g/mol. The Morgan fingerprint density at radius 2 is 2.07 bits per heavy atom. The van der Waals surface area contributed by atoms with Crippen LogP contribution in [0, 0.1) is 0 Å². The topological polar surface area (TPSA) is 68.2 Å². The Morgan fingerprint density at radius 3 is 2.60 bits per heavy atom. The molecule has 5 nitrogen and oxygen atoms in total. The van der Waals surface area contributed by atoms with Crippen LogP contribution in [0.3, 0.4) is 0 Å². The molecule has 0 aromatic rings. The molecule has 2 rings (SSSR count). The van der Waals surface area contributed by atoms with E-state index < -0.39 is 43.2 Å². The highest BCUT2D eigenvalue weighted by atomic mass is 19.1. The van der Waals surface area contributed by atoms with E-state index in [4.69, 9.17) is 19.3 Å². The summed E-state index contributed by atoms with van der Waals surface area (Å²) in [4.78, 5) is 0. The smallest absolute Gasteiger partial charge is 0.190 e. The van der Waals surface area contributed by atoms with E-state index in [2.05, 4.69) is 0 Å². The predicted octanol–water partition coefficient (Wildman–Crippen LogP) is -0.446. The standard InChI is InChI=1S/C9H15FO5/c1-9(2)14-7-5(10)6(4(12)3-11)13-8(7)15-9/h4-8,11-12H,3H2,1-2H3/t4?,5?,6?,7-,8-/m1/s1. The summed E-state index contributed by atoms with van der Waals surface area (Å²) in [5.41, 5.74) is 0. The Morgan fingerprint density at radius 1 is 1.40 bits per heavy atom. The molecule has 6 heteroatoms. The summed E-state index contributed by atoms with van der Waals surface area (Å²) < 4.78 is 29.5. The van der Waals surface area contributed by atoms with Gasteiger partial charge in [-0.15, -0.1) is 0 Å². The van der Waals surface area contributed by atoms with Crippen LogP contribution >= 0.6 is 0 Å². The van der Waals surface area contributed by atoms with Crippen molar-refractivity contribution in [2.45, 2.75) is 50.4 Å². The first-order chi connectivity index (χ1) is 6.94. The van der Waals surface area contributed by atoms with Crippen molar-refractivity contribution in [2.24, 2.45) is 0 Å². The molecular weight excluding hydrogens is 207 g/mol. The zero-order valence-corrected chi connectivity index (χ0v) is 8.59. The van der Waals surface area contributed by atoms with E-state index in [1.807, 2.05) is 0 Å². The fourth-order valence-corrected chi connectivity index (χ4v) is 1.90. The zero-order valence-electron chi connectivity index (χ0n) is 8.59. The summed E-state index contributed by atoms with van der Waals surface area (Å²) in [6.07, 6.45) is -5.45. The predicted molar refractivity (Wildman–Crippen MR) is 46.7 cm³/mol. The molecule has 2 saturated heterocycles. The summed E-state index contributed by atoms with van der Waals surface area (Å²) in [6.45, 7) is 2.78. The highest BCUT2D eigenvalue weighted by molar-refractivity contribution is 4.95. The number of fused-ring (bicyclic) bond motifs is 1. The second kappa shape index (κ2) is 3.64. The van der Waals surface area contributed by atoms with Gasteiger partial charge in [-0.3, -0.25) is 0 Å². The number of hydrogen-bond acceptors (Lipinski definition) is 5. The van der Waals surface area contributed by atoms with Gasteiger partial charge >= 0.3 is 0 Å². The fourth-order valence-electron chi connectivity index (χ4n) is 1.90. The number of aliphatic hydroxyl groups is 2. The molecule has 0 bridgehead atoms. The van der Waals surface area contributed by atoms with Gasteiger partial charge in [-0.05, 0) is 13.8 Å². The maximum absolute atomic E-state index is 13.7. The lowest BCUT2D eigenvalue weighted by atomic mass is 10.1. The molecule has 15 heavy (non-hydrogen) atoms. The third kappa shape index (κ3) is 1.88. The van der Waals surface area contributed by atoms with Gasteiger partial charge < -0.3 is 24.4 Å². The lowest BCUT2D eigenvalue weighted by Gasteiger charge is -2.23. The third-order valence-corrected chi connectivity index (χ3v) is 2.57. The van der Waals surface area contributed by atoms with Crippen LogP contribution in [0.5, 0.6) is 0 Å². The molecule has 0 aliphatic carbocycles. The van der Waals surface area contributed by atoms with Crippen molar-refractivity contribution >= 4 is 0 Å². The van der Waals surface area contributed by atoms with E-state index in [-0.39, 0.29) is 0 Å². The highest BCUT2D eigenvalue weighted by Gasteiger charge is 2.56. The van der Waals surface area contributed by atoms with Gasteiger partial charge in [-0.25, -0.2) is 4.39 Å². The molecule has 5 atom stereocenters. The molecule has 0 radical (unpaired) electrons. The first-order valence-electron chi connectivity index (χ1n) is 4.89. The Balaban J connectivity index is 2.05. The van der Waals surface area contributed by atoms with Gasteiger partial charge in [0.05, 0.1) is 6.61 Å². The molecule has 0 aromatic heterocycles. The molecule has 0 aromatic carbocycles. The summed E-state index contributed by atoms with van der Waals surface area (Å²) in [7, 11) is 0. The number of ether oxygens (including phenoxy) is 3. The van der Waals surface area contributed by atoms with E-state index in [0.717, 1.165) is 0 Å². The van der Waals surface area contributed by atoms with E-state index in [1.165, 1.54) is 0 Å². The minimum Gasteiger partial charge on any atom is -0.394 e. The Labute approximate surface area is 86.7 Å². The Kier molecular flexibility index (Phi) is 2.72. The van der Waals surface area contributed by atoms with E-state index in [1.54, 1.807) is 13.8 Å². The van der Waals surface area contributed by atoms with Crippen molar-refractivity contribution < 1.29 is 28.8 Å². The van der Waals surface area contributed by atoms with Gasteiger partial charge in [-0.2, -0.15) is 0 Å². The maximum Gasteiger partial charge on any atom is 0.190 e. The van der Waals surface area contributed by atoms with E-state index in [9.17, 15) is 9.50 Å². The van der Waals surface area contributed by atoms with Gasteiger partial charge in [0.15, 0.2) is 18.2 Å². The second-order valence-electron chi connectivity index (χ2n) is 4.26.